The van der Waals surface area contributed by atoms with Gasteiger partial charge in [-0.25, -0.2) is 0 Å². The summed E-state index contributed by atoms with van der Waals surface area (Å²) in [6.07, 6.45) is 0. The Labute approximate surface area is 139 Å². The fourth-order valence-corrected chi connectivity index (χ4v) is 2.63. The summed E-state index contributed by atoms with van der Waals surface area (Å²) < 4.78 is 17.2. The second kappa shape index (κ2) is 8.06. The van der Waals surface area contributed by atoms with Gasteiger partial charge in [0.2, 0.25) is 0 Å². The Bertz CT molecular complexity index is 631. The van der Waals surface area contributed by atoms with Crippen LogP contribution in [0.25, 0.3) is 0 Å². The Balaban J connectivity index is 2.10. The van der Waals surface area contributed by atoms with Crippen LogP contribution in [0.5, 0.6) is 17.2 Å². The molecule has 4 nitrogen and oxygen atoms in total. The van der Waals surface area contributed by atoms with E-state index in [0.717, 1.165) is 22.3 Å². The second-order valence-electron chi connectivity index (χ2n) is 4.71. The summed E-state index contributed by atoms with van der Waals surface area (Å²) in [5, 5.41) is 3.42. The number of nitrogens with one attached hydrogen (secondary N) is 1. The van der Waals surface area contributed by atoms with Gasteiger partial charge in [-0.2, -0.15) is 0 Å². The van der Waals surface area contributed by atoms with Crippen molar-refractivity contribution in [1.29, 1.82) is 0 Å². The van der Waals surface area contributed by atoms with Gasteiger partial charge >= 0.3 is 0 Å². The number of hydrogen-bond acceptors (Lipinski definition) is 4. The van der Waals surface area contributed by atoms with Crippen molar-refractivity contribution >= 4 is 15.9 Å². The van der Waals surface area contributed by atoms with Gasteiger partial charge in [-0.3, -0.25) is 0 Å². The number of benzene rings is 2. The van der Waals surface area contributed by atoms with Gasteiger partial charge in [-0.05, 0) is 17.7 Å². The molecule has 0 unspecified atom stereocenters. The number of ether oxygens (including phenoxy) is 3. The minimum absolute atomic E-state index is 0.661. The molecule has 5 heteroatoms. The van der Waals surface area contributed by atoms with Crippen molar-refractivity contribution in [2.75, 3.05) is 21.3 Å². The summed E-state index contributed by atoms with van der Waals surface area (Å²) in [5.41, 5.74) is 2.23. The van der Waals surface area contributed by atoms with E-state index in [4.69, 9.17) is 14.2 Å². The zero-order valence-corrected chi connectivity index (χ0v) is 14.6. The number of halogens is 1. The Morgan fingerprint density at radius 1 is 0.818 bits per heavy atom. The smallest absolute Gasteiger partial charge is 0.164 e. The van der Waals surface area contributed by atoms with Crippen LogP contribution in [0.3, 0.4) is 0 Å². The third-order valence-electron chi connectivity index (χ3n) is 3.38. The van der Waals surface area contributed by atoms with Crippen molar-refractivity contribution in [3.63, 3.8) is 0 Å². The van der Waals surface area contributed by atoms with Crippen molar-refractivity contribution in [2.24, 2.45) is 0 Å². The van der Waals surface area contributed by atoms with Crippen LogP contribution in [0.15, 0.2) is 40.9 Å². The highest BCUT2D eigenvalue weighted by Crippen LogP contribution is 2.34. The summed E-state index contributed by atoms with van der Waals surface area (Å²) in [6, 6.07) is 11.9. The lowest BCUT2D eigenvalue weighted by atomic mass is 10.1. The molecule has 0 aliphatic heterocycles. The summed E-state index contributed by atoms with van der Waals surface area (Å²) in [5.74, 6) is 2.13. The third-order valence-corrected chi connectivity index (χ3v) is 4.15. The normalized spacial score (nSPS) is 10.4. The number of rotatable bonds is 7. The topological polar surface area (TPSA) is 39.7 Å². The Kier molecular flexibility index (Phi) is 6.10. The van der Waals surface area contributed by atoms with Crippen LogP contribution in [0, 0.1) is 0 Å². The van der Waals surface area contributed by atoms with E-state index in [1.165, 1.54) is 5.56 Å². The summed E-state index contributed by atoms with van der Waals surface area (Å²) in [6.45, 7) is 1.43. The lowest BCUT2D eigenvalue weighted by Crippen LogP contribution is -2.14. The maximum Gasteiger partial charge on any atom is 0.164 e. The first-order valence-corrected chi connectivity index (χ1v) is 7.72. The third kappa shape index (κ3) is 3.93. The lowest BCUT2D eigenvalue weighted by Gasteiger charge is -2.15. The van der Waals surface area contributed by atoms with E-state index in [9.17, 15) is 0 Å². The largest absolute Gasteiger partial charge is 0.496 e. The van der Waals surface area contributed by atoms with E-state index in [2.05, 4.69) is 27.3 Å². The Hall–Kier alpha value is -1.72. The second-order valence-corrected chi connectivity index (χ2v) is 5.57. The van der Waals surface area contributed by atoms with E-state index in [0.29, 0.717) is 18.0 Å². The van der Waals surface area contributed by atoms with Gasteiger partial charge in [0, 0.05) is 29.2 Å². The molecular formula is C17H20BrNO3. The van der Waals surface area contributed by atoms with Gasteiger partial charge in [0.25, 0.3) is 0 Å². The van der Waals surface area contributed by atoms with E-state index in [-0.39, 0.29) is 0 Å². The predicted octanol–water partition coefficient (Wildman–Crippen LogP) is 3.76. The number of hydrogen-bond donors (Lipinski definition) is 1. The van der Waals surface area contributed by atoms with Crippen LogP contribution >= 0.6 is 15.9 Å². The molecule has 22 heavy (non-hydrogen) atoms. The van der Waals surface area contributed by atoms with Gasteiger partial charge in [0.15, 0.2) is 11.5 Å². The minimum Gasteiger partial charge on any atom is -0.496 e. The fraction of sp³-hybridized carbons (Fsp3) is 0.294. The van der Waals surface area contributed by atoms with Gasteiger partial charge in [-0.1, -0.05) is 34.1 Å². The van der Waals surface area contributed by atoms with Crippen LogP contribution in [-0.2, 0) is 13.1 Å². The van der Waals surface area contributed by atoms with Gasteiger partial charge in [0.05, 0.1) is 21.3 Å². The van der Waals surface area contributed by atoms with E-state index >= 15 is 0 Å². The first-order valence-electron chi connectivity index (χ1n) is 6.92. The van der Waals surface area contributed by atoms with Crippen LogP contribution in [-0.4, -0.2) is 21.3 Å². The predicted molar refractivity (Wildman–Crippen MR) is 90.8 cm³/mol. The maximum atomic E-state index is 5.43. The van der Waals surface area contributed by atoms with Crippen LogP contribution in [0.4, 0.5) is 0 Å². The average Bonchev–Trinajstić information content (AvgIpc) is 2.56. The lowest BCUT2D eigenvalue weighted by molar-refractivity contribution is 0.347. The van der Waals surface area contributed by atoms with Crippen molar-refractivity contribution < 1.29 is 14.2 Å². The van der Waals surface area contributed by atoms with Crippen LogP contribution in [0.2, 0.25) is 0 Å². The molecule has 0 aromatic heterocycles. The highest BCUT2D eigenvalue weighted by atomic mass is 79.9. The molecule has 0 radical (unpaired) electrons. The molecule has 0 fully saturated rings. The standard InChI is InChI=1S/C17H20BrNO3/c1-20-15-9-17(22-3)16(21-2)8-13(15)11-19-10-12-6-4-5-7-14(12)18/h4-9,19H,10-11H2,1-3H3. The van der Waals surface area contributed by atoms with Gasteiger partial charge in [-0.15, -0.1) is 0 Å². The summed E-state index contributed by atoms with van der Waals surface area (Å²) in [4.78, 5) is 0. The molecular weight excluding hydrogens is 346 g/mol. The van der Waals surface area contributed by atoms with Crippen LogP contribution in [0.1, 0.15) is 11.1 Å². The molecule has 2 rings (SSSR count). The average molecular weight is 366 g/mol. The Morgan fingerprint density at radius 3 is 2.05 bits per heavy atom. The molecule has 0 amide bonds. The Morgan fingerprint density at radius 2 is 1.41 bits per heavy atom. The highest BCUT2D eigenvalue weighted by Gasteiger charge is 2.11. The SMILES string of the molecule is COc1cc(OC)c(OC)cc1CNCc1ccccc1Br. The molecule has 118 valence electrons. The molecule has 0 saturated heterocycles. The molecule has 0 bridgehead atoms. The molecule has 1 N–H and O–H groups in total. The van der Waals surface area contributed by atoms with Crippen molar-refractivity contribution in [2.45, 2.75) is 13.1 Å². The van der Waals surface area contributed by atoms with Gasteiger partial charge in [0.1, 0.15) is 5.75 Å². The molecule has 0 heterocycles. The van der Waals surface area contributed by atoms with Crippen molar-refractivity contribution in [1.82, 2.24) is 5.32 Å². The summed E-state index contributed by atoms with van der Waals surface area (Å²) >= 11 is 3.55. The summed E-state index contributed by atoms with van der Waals surface area (Å²) in [7, 11) is 4.89. The van der Waals surface area contributed by atoms with E-state index in [1.54, 1.807) is 21.3 Å². The molecule has 2 aromatic carbocycles. The molecule has 0 spiro atoms. The van der Waals surface area contributed by atoms with Crippen molar-refractivity contribution in [3.8, 4) is 17.2 Å². The minimum atomic E-state index is 0.661. The quantitative estimate of drug-likeness (QED) is 0.810. The molecule has 0 aliphatic carbocycles. The zero-order chi connectivity index (χ0) is 15.9. The van der Waals surface area contributed by atoms with E-state index in [1.807, 2.05) is 30.3 Å². The first kappa shape index (κ1) is 16.6. The molecule has 0 aliphatic rings. The van der Waals surface area contributed by atoms with E-state index < -0.39 is 0 Å². The molecule has 0 saturated carbocycles. The fourth-order valence-electron chi connectivity index (χ4n) is 2.20. The number of methoxy groups -OCH3 is 3. The zero-order valence-electron chi connectivity index (χ0n) is 13.0. The van der Waals surface area contributed by atoms with Crippen LogP contribution < -0.4 is 19.5 Å². The van der Waals surface area contributed by atoms with Crippen molar-refractivity contribution in [3.05, 3.63) is 52.0 Å². The van der Waals surface area contributed by atoms with Gasteiger partial charge < -0.3 is 19.5 Å². The highest BCUT2D eigenvalue weighted by molar-refractivity contribution is 9.10. The first-order chi connectivity index (χ1) is 10.7. The monoisotopic (exact) mass is 365 g/mol. The molecule has 2 aromatic rings. The molecule has 0 atom stereocenters. The maximum absolute atomic E-state index is 5.43.